The number of benzene rings is 3. The molecule has 0 aliphatic carbocycles. The third-order valence-corrected chi connectivity index (χ3v) is 7.38. The molecule has 1 amide bonds. The van der Waals surface area contributed by atoms with Crippen LogP contribution in [0.25, 0.3) is 11.2 Å². The smallest absolute Gasteiger partial charge is 0.254 e. The third kappa shape index (κ3) is 5.83. The van der Waals surface area contributed by atoms with Gasteiger partial charge >= 0.3 is 0 Å². The van der Waals surface area contributed by atoms with Crippen molar-refractivity contribution in [2.45, 2.75) is 13.1 Å². The summed E-state index contributed by atoms with van der Waals surface area (Å²) in [5.41, 5.74) is 3.34. The van der Waals surface area contributed by atoms with E-state index in [1.807, 2.05) is 64.1 Å². The molecule has 6 rings (SSSR count). The van der Waals surface area contributed by atoms with E-state index in [0.717, 1.165) is 29.3 Å². The average molecular weight is 574 g/mol. The van der Waals surface area contributed by atoms with Crippen LogP contribution in [-0.2, 0) is 13.1 Å². The summed E-state index contributed by atoms with van der Waals surface area (Å²) in [6, 6.07) is 20.5. The van der Waals surface area contributed by atoms with E-state index >= 15 is 0 Å². The SMILES string of the molecule is O=C(c1cc(F)cc(F)c1)N1CCN(c2nc(NCc3ccccc3Cl)c3ncn(Cc4ccccc4)c3n2)CC1. The maximum atomic E-state index is 13.7. The number of anilines is 2. The largest absolute Gasteiger partial charge is 0.364 e. The second kappa shape index (κ2) is 11.5. The Bertz CT molecular complexity index is 1680. The summed E-state index contributed by atoms with van der Waals surface area (Å²) in [6.45, 7) is 2.64. The molecule has 0 unspecified atom stereocenters. The normalized spacial score (nSPS) is 13.5. The first-order valence-electron chi connectivity index (χ1n) is 13.2. The number of nitrogens with zero attached hydrogens (tertiary/aromatic N) is 6. The fourth-order valence-corrected chi connectivity index (χ4v) is 5.09. The molecular weight excluding hydrogens is 548 g/mol. The Labute approximate surface area is 240 Å². The number of hydrogen-bond acceptors (Lipinski definition) is 6. The molecule has 3 heterocycles. The van der Waals surface area contributed by atoms with Gasteiger partial charge in [-0.15, -0.1) is 0 Å². The fraction of sp³-hybridized carbons (Fsp3) is 0.200. The number of piperazine rings is 1. The lowest BCUT2D eigenvalue weighted by molar-refractivity contribution is 0.0745. The van der Waals surface area contributed by atoms with Gasteiger partial charge in [-0.05, 0) is 29.3 Å². The van der Waals surface area contributed by atoms with Crippen LogP contribution in [0.3, 0.4) is 0 Å². The Kier molecular flexibility index (Phi) is 7.47. The molecule has 0 saturated carbocycles. The number of rotatable bonds is 7. The van der Waals surface area contributed by atoms with Crippen LogP contribution in [0.1, 0.15) is 21.5 Å². The van der Waals surface area contributed by atoms with Crippen molar-refractivity contribution in [2.75, 3.05) is 36.4 Å². The Hall–Kier alpha value is -4.57. The molecule has 0 radical (unpaired) electrons. The van der Waals surface area contributed by atoms with Crippen molar-refractivity contribution >= 4 is 40.4 Å². The van der Waals surface area contributed by atoms with E-state index in [2.05, 4.69) is 10.3 Å². The molecule has 1 N–H and O–H groups in total. The lowest BCUT2D eigenvalue weighted by Gasteiger charge is -2.35. The van der Waals surface area contributed by atoms with Gasteiger partial charge in [0.15, 0.2) is 17.0 Å². The van der Waals surface area contributed by atoms with Crippen molar-refractivity contribution in [2.24, 2.45) is 0 Å². The molecule has 8 nitrogen and oxygen atoms in total. The summed E-state index contributed by atoms with van der Waals surface area (Å²) >= 11 is 6.38. The quantitative estimate of drug-likeness (QED) is 0.282. The van der Waals surface area contributed by atoms with E-state index in [1.165, 1.54) is 0 Å². The van der Waals surface area contributed by atoms with E-state index in [-0.39, 0.29) is 5.56 Å². The van der Waals surface area contributed by atoms with Crippen molar-refractivity contribution < 1.29 is 13.6 Å². The summed E-state index contributed by atoms with van der Waals surface area (Å²) in [5, 5.41) is 4.04. The highest BCUT2D eigenvalue weighted by molar-refractivity contribution is 6.31. The zero-order chi connectivity index (χ0) is 28.3. The number of hydrogen-bond donors (Lipinski definition) is 1. The molecule has 41 heavy (non-hydrogen) atoms. The minimum absolute atomic E-state index is 0.00973. The molecule has 11 heteroatoms. The average Bonchev–Trinajstić information content (AvgIpc) is 3.39. The molecule has 1 aliphatic rings. The van der Waals surface area contributed by atoms with Crippen molar-refractivity contribution in [3.63, 3.8) is 0 Å². The topological polar surface area (TPSA) is 79.2 Å². The number of halogens is 3. The van der Waals surface area contributed by atoms with Crippen LogP contribution >= 0.6 is 11.6 Å². The standard InChI is InChI=1S/C30H26ClF2N7O/c31-25-9-5-4-8-21(25)17-34-27-26-28(40(19-35-26)18-20-6-2-1-3-7-20)37-30(36-27)39-12-10-38(11-13-39)29(41)22-14-23(32)16-24(33)15-22/h1-9,14-16,19H,10-13,17-18H2,(H,34,36,37). The second-order valence-corrected chi connectivity index (χ2v) is 10.2. The predicted octanol–water partition coefficient (Wildman–Crippen LogP) is 5.38. The molecule has 1 aliphatic heterocycles. The summed E-state index contributed by atoms with van der Waals surface area (Å²) in [7, 11) is 0. The number of carbonyl (C=O) groups excluding carboxylic acids is 1. The monoisotopic (exact) mass is 573 g/mol. The zero-order valence-corrected chi connectivity index (χ0v) is 22.7. The van der Waals surface area contributed by atoms with Gasteiger partial charge in [0, 0.05) is 49.4 Å². The fourth-order valence-electron chi connectivity index (χ4n) is 4.88. The molecule has 3 aromatic carbocycles. The maximum absolute atomic E-state index is 13.7. The number of carbonyl (C=O) groups is 1. The molecular formula is C30H26ClF2N7O. The van der Waals surface area contributed by atoms with Crippen LogP contribution in [0.15, 0.2) is 79.1 Å². The molecule has 208 valence electrons. The first-order chi connectivity index (χ1) is 19.9. The summed E-state index contributed by atoms with van der Waals surface area (Å²) in [4.78, 5) is 30.8. The number of fused-ring (bicyclic) bond motifs is 1. The van der Waals surface area contributed by atoms with Crippen LogP contribution in [0.2, 0.25) is 5.02 Å². The Balaban J connectivity index is 1.27. The Morgan fingerprint density at radius 1 is 0.902 bits per heavy atom. The first-order valence-corrected chi connectivity index (χ1v) is 13.6. The first kappa shape index (κ1) is 26.6. The van der Waals surface area contributed by atoms with E-state index < -0.39 is 17.5 Å². The van der Waals surface area contributed by atoms with E-state index in [0.29, 0.717) is 67.2 Å². The number of amides is 1. The van der Waals surface area contributed by atoms with E-state index in [4.69, 9.17) is 21.6 Å². The van der Waals surface area contributed by atoms with Gasteiger partial charge in [0.25, 0.3) is 5.91 Å². The molecule has 5 aromatic rings. The van der Waals surface area contributed by atoms with Gasteiger partial charge in [-0.3, -0.25) is 4.79 Å². The highest BCUT2D eigenvalue weighted by Crippen LogP contribution is 2.26. The molecule has 1 saturated heterocycles. The lowest BCUT2D eigenvalue weighted by atomic mass is 10.1. The van der Waals surface area contributed by atoms with Crippen LogP contribution in [0, 0.1) is 11.6 Å². The van der Waals surface area contributed by atoms with Crippen molar-refractivity contribution in [1.82, 2.24) is 24.4 Å². The second-order valence-electron chi connectivity index (χ2n) is 9.78. The zero-order valence-electron chi connectivity index (χ0n) is 22.0. The molecule has 2 aromatic heterocycles. The van der Waals surface area contributed by atoms with Crippen molar-refractivity contribution in [3.05, 3.63) is 112 Å². The minimum Gasteiger partial charge on any atom is -0.364 e. The van der Waals surface area contributed by atoms with Gasteiger partial charge in [0.2, 0.25) is 5.95 Å². The number of aromatic nitrogens is 4. The van der Waals surface area contributed by atoms with Gasteiger partial charge < -0.3 is 19.7 Å². The van der Waals surface area contributed by atoms with Gasteiger partial charge in [-0.2, -0.15) is 9.97 Å². The van der Waals surface area contributed by atoms with Crippen molar-refractivity contribution in [1.29, 1.82) is 0 Å². The number of nitrogens with one attached hydrogen (secondary N) is 1. The summed E-state index contributed by atoms with van der Waals surface area (Å²) in [5.74, 6) is -0.902. The van der Waals surface area contributed by atoms with Crippen LogP contribution in [0.4, 0.5) is 20.5 Å². The minimum atomic E-state index is -0.780. The summed E-state index contributed by atoms with van der Waals surface area (Å²) in [6.07, 6.45) is 1.76. The van der Waals surface area contributed by atoms with Crippen LogP contribution in [0.5, 0.6) is 0 Å². The predicted molar refractivity (Wildman–Crippen MR) is 154 cm³/mol. The molecule has 0 atom stereocenters. The highest BCUT2D eigenvalue weighted by Gasteiger charge is 2.26. The van der Waals surface area contributed by atoms with Gasteiger partial charge in [0.05, 0.1) is 12.9 Å². The van der Waals surface area contributed by atoms with Gasteiger partial charge in [0.1, 0.15) is 11.6 Å². The van der Waals surface area contributed by atoms with Gasteiger partial charge in [-0.25, -0.2) is 13.8 Å². The van der Waals surface area contributed by atoms with Crippen LogP contribution < -0.4 is 10.2 Å². The Morgan fingerprint density at radius 2 is 1.61 bits per heavy atom. The molecule has 1 fully saturated rings. The third-order valence-electron chi connectivity index (χ3n) is 7.01. The number of imidazole rings is 1. The molecule has 0 spiro atoms. The van der Waals surface area contributed by atoms with E-state index in [1.54, 1.807) is 11.2 Å². The van der Waals surface area contributed by atoms with E-state index in [9.17, 15) is 13.6 Å². The molecule has 0 bridgehead atoms. The van der Waals surface area contributed by atoms with Gasteiger partial charge in [-0.1, -0.05) is 60.1 Å². The van der Waals surface area contributed by atoms with Crippen molar-refractivity contribution in [3.8, 4) is 0 Å². The maximum Gasteiger partial charge on any atom is 0.254 e. The van der Waals surface area contributed by atoms with Crippen LogP contribution in [-0.4, -0.2) is 56.5 Å². The highest BCUT2D eigenvalue weighted by atomic mass is 35.5. The summed E-state index contributed by atoms with van der Waals surface area (Å²) < 4.78 is 29.4. The Morgan fingerprint density at radius 3 is 2.34 bits per heavy atom. The lowest BCUT2D eigenvalue weighted by Crippen LogP contribution is -2.49.